The van der Waals surface area contributed by atoms with E-state index >= 15 is 0 Å². The summed E-state index contributed by atoms with van der Waals surface area (Å²) in [7, 11) is 0. The summed E-state index contributed by atoms with van der Waals surface area (Å²) in [6, 6.07) is 14.8. The van der Waals surface area contributed by atoms with E-state index < -0.39 is 17.7 Å². The third kappa shape index (κ3) is 2.49. The van der Waals surface area contributed by atoms with Crippen molar-refractivity contribution in [3.8, 4) is 0 Å². The molecule has 5 heteroatoms. The molecule has 110 valence electrons. The maximum Gasteiger partial charge on any atom is 0.293 e. The summed E-state index contributed by atoms with van der Waals surface area (Å²) in [5, 5.41) is 13.6. The molecule has 1 aliphatic heterocycles. The fourth-order valence-electron chi connectivity index (χ4n) is 2.43. The predicted molar refractivity (Wildman–Crippen MR) is 83.3 cm³/mol. The highest BCUT2D eigenvalue weighted by Crippen LogP contribution is 2.32. The first-order chi connectivity index (χ1) is 10.6. The summed E-state index contributed by atoms with van der Waals surface area (Å²) in [5.41, 5.74) is 1.22. The Labute approximate surface area is 132 Å². The number of carbonyl (C=O) groups is 2. The second-order valence-electron chi connectivity index (χ2n) is 4.92. The topological polar surface area (TPSA) is 66.4 Å². The van der Waals surface area contributed by atoms with E-state index in [-0.39, 0.29) is 11.3 Å². The summed E-state index contributed by atoms with van der Waals surface area (Å²) in [4.78, 5) is 23.8. The van der Waals surface area contributed by atoms with Crippen molar-refractivity contribution in [1.29, 1.82) is 0 Å². The quantitative estimate of drug-likeness (QED) is 0.509. The van der Waals surface area contributed by atoms with Gasteiger partial charge in [-0.25, -0.2) is 0 Å². The number of ketones is 1. The molecule has 1 atom stereocenters. The van der Waals surface area contributed by atoms with Gasteiger partial charge in [0.1, 0.15) is 5.76 Å². The van der Waals surface area contributed by atoms with Crippen LogP contribution in [0.15, 0.2) is 60.2 Å². The van der Waals surface area contributed by atoms with E-state index in [0.29, 0.717) is 10.6 Å². The molecule has 1 fully saturated rings. The average molecular weight is 314 g/mol. The largest absolute Gasteiger partial charge is 0.507 e. The number of halogens is 1. The molecule has 1 heterocycles. The summed E-state index contributed by atoms with van der Waals surface area (Å²) in [6.45, 7) is 0. The van der Waals surface area contributed by atoms with E-state index in [4.69, 9.17) is 11.6 Å². The van der Waals surface area contributed by atoms with Crippen LogP contribution in [0.5, 0.6) is 0 Å². The van der Waals surface area contributed by atoms with Crippen LogP contribution in [-0.4, -0.2) is 16.8 Å². The summed E-state index contributed by atoms with van der Waals surface area (Å²) < 4.78 is 0. The van der Waals surface area contributed by atoms with E-state index in [1.54, 1.807) is 48.5 Å². The highest BCUT2D eigenvalue weighted by atomic mass is 35.5. The van der Waals surface area contributed by atoms with Crippen molar-refractivity contribution in [3.63, 3.8) is 0 Å². The first-order valence-corrected chi connectivity index (χ1v) is 7.05. The predicted octanol–water partition coefficient (Wildman–Crippen LogP) is 3.05. The van der Waals surface area contributed by atoms with Crippen LogP contribution < -0.4 is 5.32 Å². The molecule has 0 unspecified atom stereocenters. The first kappa shape index (κ1) is 14.4. The van der Waals surface area contributed by atoms with Crippen molar-refractivity contribution < 1.29 is 14.7 Å². The van der Waals surface area contributed by atoms with Crippen molar-refractivity contribution >= 4 is 29.1 Å². The minimum atomic E-state index is -0.721. The SMILES string of the molecule is O=C1N[C@H](c2ccccc2)C(=C(O)c2ccc(Cl)cc2)C1=O. The molecule has 22 heavy (non-hydrogen) atoms. The van der Waals surface area contributed by atoms with Gasteiger partial charge in [-0.3, -0.25) is 9.59 Å². The molecular formula is C17H12ClNO3. The lowest BCUT2D eigenvalue weighted by Gasteiger charge is -2.13. The molecule has 2 aromatic rings. The zero-order valence-electron chi connectivity index (χ0n) is 11.4. The number of carbonyl (C=O) groups excluding carboxylic acids is 2. The zero-order valence-corrected chi connectivity index (χ0v) is 12.2. The van der Waals surface area contributed by atoms with Crippen LogP contribution in [0.2, 0.25) is 5.02 Å². The van der Waals surface area contributed by atoms with Gasteiger partial charge in [-0.2, -0.15) is 0 Å². The average Bonchev–Trinajstić information content (AvgIpc) is 2.84. The van der Waals surface area contributed by atoms with Crippen LogP contribution in [0.1, 0.15) is 17.2 Å². The Morgan fingerprint density at radius 3 is 2.27 bits per heavy atom. The van der Waals surface area contributed by atoms with Gasteiger partial charge in [0.05, 0.1) is 11.6 Å². The molecule has 4 nitrogen and oxygen atoms in total. The van der Waals surface area contributed by atoms with Crippen LogP contribution in [0, 0.1) is 0 Å². The van der Waals surface area contributed by atoms with Crippen molar-refractivity contribution in [3.05, 3.63) is 76.3 Å². The number of nitrogens with one attached hydrogen (secondary N) is 1. The number of hydrogen-bond acceptors (Lipinski definition) is 3. The highest BCUT2D eigenvalue weighted by molar-refractivity contribution is 6.46. The van der Waals surface area contributed by atoms with E-state index in [9.17, 15) is 14.7 Å². The second kappa shape index (κ2) is 5.66. The molecule has 3 rings (SSSR count). The highest BCUT2D eigenvalue weighted by Gasteiger charge is 2.39. The molecule has 0 aromatic heterocycles. The first-order valence-electron chi connectivity index (χ1n) is 6.67. The van der Waals surface area contributed by atoms with Crippen molar-refractivity contribution in [2.24, 2.45) is 0 Å². The Bertz CT molecular complexity index is 766. The van der Waals surface area contributed by atoms with Gasteiger partial charge in [-0.1, -0.05) is 41.9 Å². The molecule has 1 amide bonds. The number of benzene rings is 2. The lowest BCUT2D eigenvalue weighted by molar-refractivity contribution is -0.133. The Kier molecular flexibility index (Phi) is 3.69. The minimum absolute atomic E-state index is 0.0542. The van der Waals surface area contributed by atoms with Gasteiger partial charge in [-0.05, 0) is 29.8 Å². The standard InChI is InChI=1S/C17H12ClNO3/c18-12-8-6-11(7-9-12)15(20)13-14(19-17(22)16(13)21)10-4-2-1-3-5-10/h1-9,14,20H,(H,19,22)/t14-/m1/s1. The monoisotopic (exact) mass is 313 g/mol. The molecular weight excluding hydrogens is 302 g/mol. The number of aliphatic hydroxyl groups excluding tert-OH is 1. The van der Waals surface area contributed by atoms with Gasteiger partial charge in [0.15, 0.2) is 0 Å². The lowest BCUT2D eigenvalue weighted by atomic mass is 9.96. The van der Waals surface area contributed by atoms with Crippen LogP contribution in [0.25, 0.3) is 5.76 Å². The normalized spacial score (nSPS) is 20.0. The van der Waals surface area contributed by atoms with Gasteiger partial charge in [-0.15, -0.1) is 0 Å². The molecule has 1 aliphatic rings. The Balaban J connectivity index is 2.11. The molecule has 2 N–H and O–H groups in total. The Morgan fingerprint density at radius 1 is 1.00 bits per heavy atom. The molecule has 0 aliphatic carbocycles. The van der Waals surface area contributed by atoms with Crippen LogP contribution in [0.3, 0.4) is 0 Å². The van der Waals surface area contributed by atoms with Gasteiger partial charge >= 0.3 is 0 Å². The number of rotatable bonds is 2. The van der Waals surface area contributed by atoms with Gasteiger partial charge in [0.2, 0.25) is 0 Å². The molecule has 1 saturated heterocycles. The third-order valence-electron chi connectivity index (χ3n) is 3.52. The van der Waals surface area contributed by atoms with Gasteiger partial charge in [0, 0.05) is 10.6 Å². The molecule has 0 bridgehead atoms. The number of Topliss-reactive ketones (excluding diaryl/α,β-unsaturated/α-hetero) is 1. The zero-order chi connectivity index (χ0) is 15.7. The minimum Gasteiger partial charge on any atom is -0.507 e. The number of amides is 1. The van der Waals surface area contributed by atoms with Crippen molar-refractivity contribution in [1.82, 2.24) is 5.32 Å². The number of aliphatic hydroxyl groups is 1. The summed E-state index contributed by atoms with van der Waals surface area (Å²) >= 11 is 5.82. The maximum atomic E-state index is 12.1. The Hall–Kier alpha value is -2.59. The smallest absolute Gasteiger partial charge is 0.293 e. The van der Waals surface area contributed by atoms with E-state index in [2.05, 4.69) is 5.32 Å². The van der Waals surface area contributed by atoms with E-state index in [1.165, 1.54) is 0 Å². The number of hydrogen-bond donors (Lipinski definition) is 2. The van der Waals surface area contributed by atoms with Gasteiger partial charge in [0.25, 0.3) is 11.7 Å². The lowest BCUT2D eigenvalue weighted by Crippen LogP contribution is -2.21. The van der Waals surface area contributed by atoms with Gasteiger partial charge < -0.3 is 10.4 Å². The molecule has 0 spiro atoms. The summed E-state index contributed by atoms with van der Waals surface area (Å²) in [6.07, 6.45) is 0. The molecule has 2 aromatic carbocycles. The van der Waals surface area contributed by atoms with Crippen molar-refractivity contribution in [2.75, 3.05) is 0 Å². The van der Waals surface area contributed by atoms with Crippen LogP contribution in [0.4, 0.5) is 0 Å². The Morgan fingerprint density at radius 2 is 1.64 bits per heavy atom. The molecule has 0 radical (unpaired) electrons. The fraction of sp³-hybridized carbons (Fsp3) is 0.0588. The third-order valence-corrected chi connectivity index (χ3v) is 3.77. The van der Waals surface area contributed by atoms with E-state index in [1.807, 2.05) is 6.07 Å². The maximum absolute atomic E-state index is 12.1. The van der Waals surface area contributed by atoms with Crippen LogP contribution >= 0.6 is 11.6 Å². The molecule has 0 saturated carbocycles. The summed E-state index contributed by atoms with van der Waals surface area (Å²) in [5.74, 6) is -1.65. The van der Waals surface area contributed by atoms with Crippen molar-refractivity contribution in [2.45, 2.75) is 6.04 Å². The second-order valence-corrected chi connectivity index (χ2v) is 5.35. The van der Waals surface area contributed by atoms with Crippen LogP contribution in [-0.2, 0) is 9.59 Å². The van der Waals surface area contributed by atoms with E-state index in [0.717, 1.165) is 5.56 Å². The fourth-order valence-corrected chi connectivity index (χ4v) is 2.55.